The fraction of sp³-hybridized carbons (Fsp3) is 0.222. The van der Waals surface area contributed by atoms with Crippen molar-refractivity contribution in [2.45, 2.75) is 6.42 Å². The van der Waals surface area contributed by atoms with Crippen molar-refractivity contribution in [3.05, 3.63) is 26.3 Å². The summed E-state index contributed by atoms with van der Waals surface area (Å²) in [6.45, 7) is 0. The lowest BCUT2D eigenvalue weighted by Crippen LogP contribution is -1.94. The lowest BCUT2D eigenvalue weighted by molar-refractivity contribution is 0.408. The Morgan fingerprint density at radius 1 is 1.62 bits per heavy atom. The molecule has 13 heavy (non-hydrogen) atoms. The van der Waals surface area contributed by atoms with Gasteiger partial charge in [0.25, 0.3) is 0 Å². The number of hydrogen-bond acceptors (Lipinski definition) is 2. The van der Waals surface area contributed by atoms with Crippen LogP contribution in [-0.2, 0) is 6.42 Å². The molecule has 0 N–H and O–H groups in total. The number of halogens is 2. The van der Waals surface area contributed by atoms with Gasteiger partial charge in [0.1, 0.15) is 5.75 Å². The van der Waals surface area contributed by atoms with Gasteiger partial charge in [-0.05, 0) is 34.7 Å². The molecule has 0 aliphatic carbocycles. The van der Waals surface area contributed by atoms with Gasteiger partial charge in [-0.3, -0.25) is 0 Å². The zero-order chi connectivity index (χ0) is 9.84. The van der Waals surface area contributed by atoms with Gasteiger partial charge >= 0.3 is 0 Å². The van der Waals surface area contributed by atoms with Crippen LogP contribution in [-0.4, -0.2) is 7.11 Å². The maximum absolute atomic E-state index is 8.57. The fourth-order valence-electron chi connectivity index (χ4n) is 1.06. The molecule has 1 aromatic rings. The molecule has 68 valence electrons. The third-order valence-corrected chi connectivity index (χ3v) is 2.58. The zero-order valence-electron chi connectivity index (χ0n) is 6.97. The molecular weight excluding hydrogens is 300 g/mol. The monoisotopic (exact) mass is 307 g/mol. The molecule has 0 heterocycles. The molecule has 0 saturated carbocycles. The van der Waals surface area contributed by atoms with Crippen molar-refractivity contribution >= 4 is 34.2 Å². The third-order valence-electron chi connectivity index (χ3n) is 1.56. The largest absolute Gasteiger partial charge is 0.495 e. The van der Waals surface area contributed by atoms with Gasteiger partial charge in [-0.1, -0.05) is 11.6 Å². The Hall–Kier alpha value is -0.470. The minimum atomic E-state index is 0.319. The van der Waals surface area contributed by atoms with E-state index >= 15 is 0 Å². The van der Waals surface area contributed by atoms with Crippen LogP contribution >= 0.6 is 34.2 Å². The topological polar surface area (TPSA) is 33.0 Å². The van der Waals surface area contributed by atoms with E-state index in [0.717, 1.165) is 14.9 Å². The first-order valence-electron chi connectivity index (χ1n) is 3.58. The number of rotatable bonds is 2. The van der Waals surface area contributed by atoms with Crippen LogP contribution in [0, 0.1) is 14.9 Å². The van der Waals surface area contributed by atoms with Crippen molar-refractivity contribution in [3.8, 4) is 11.8 Å². The Morgan fingerprint density at radius 2 is 2.31 bits per heavy atom. The molecule has 0 atom stereocenters. The van der Waals surface area contributed by atoms with Crippen LogP contribution in [0.4, 0.5) is 0 Å². The van der Waals surface area contributed by atoms with Crippen molar-refractivity contribution in [3.63, 3.8) is 0 Å². The Kier molecular flexibility index (Phi) is 3.82. The second kappa shape index (κ2) is 4.68. The molecule has 0 saturated heterocycles. The molecule has 2 nitrogen and oxygen atoms in total. The number of hydrogen-bond donors (Lipinski definition) is 0. The average Bonchev–Trinajstić information content (AvgIpc) is 2.04. The molecule has 1 rings (SSSR count). The number of nitrogens with zero attached hydrogens (tertiary/aromatic N) is 1. The van der Waals surface area contributed by atoms with E-state index in [9.17, 15) is 0 Å². The Balaban J connectivity index is 3.23. The van der Waals surface area contributed by atoms with Gasteiger partial charge in [0.05, 0.1) is 23.2 Å². The molecule has 0 radical (unpaired) electrons. The summed E-state index contributed by atoms with van der Waals surface area (Å²) in [5.74, 6) is 0.742. The summed E-state index contributed by atoms with van der Waals surface area (Å²) < 4.78 is 6.09. The van der Waals surface area contributed by atoms with Gasteiger partial charge < -0.3 is 4.74 Å². The summed E-state index contributed by atoms with van der Waals surface area (Å²) in [6, 6.07) is 5.63. The second-order valence-corrected chi connectivity index (χ2v) is 4.01. The van der Waals surface area contributed by atoms with Crippen molar-refractivity contribution in [2.24, 2.45) is 0 Å². The van der Waals surface area contributed by atoms with Crippen LogP contribution in [0.1, 0.15) is 5.56 Å². The van der Waals surface area contributed by atoms with Gasteiger partial charge in [-0.25, -0.2) is 0 Å². The van der Waals surface area contributed by atoms with E-state index in [1.807, 2.05) is 6.07 Å². The Bertz CT molecular complexity index is 359. The maximum Gasteiger partial charge on any atom is 0.136 e. The number of nitriles is 1. The van der Waals surface area contributed by atoms with Crippen molar-refractivity contribution in [2.75, 3.05) is 7.11 Å². The van der Waals surface area contributed by atoms with E-state index < -0.39 is 0 Å². The Labute approximate surface area is 95.6 Å². The SMILES string of the molecule is COc1c(I)cc(Cl)cc1CC#N. The highest BCUT2D eigenvalue weighted by Gasteiger charge is 2.08. The highest BCUT2D eigenvalue weighted by molar-refractivity contribution is 14.1. The summed E-state index contributed by atoms with van der Waals surface area (Å²) in [7, 11) is 1.59. The summed E-state index contributed by atoms with van der Waals surface area (Å²) in [5.41, 5.74) is 0.835. The van der Waals surface area contributed by atoms with Crippen LogP contribution in [0.2, 0.25) is 5.02 Å². The zero-order valence-corrected chi connectivity index (χ0v) is 9.89. The molecule has 1 aromatic carbocycles. The van der Waals surface area contributed by atoms with Crippen LogP contribution in [0.25, 0.3) is 0 Å². The van der Waals surface area contributed by atoms with E-state index in [2.05, 4.69) is 28.7 Å². The first-order valence-corrected chi connectivity index (χ1v) is 5.03. The first-order chi connectivity index (χ1) is 6.19. The fourth-order valence-corrected chi connectivity index (χ4v) is 2.39. The molecule has 0 amide bonds. The maximum atomic E-state index is 8.57. The second-order valence-electron chi connectivity index (χ2n) is 2.41. The van der Waals surface area contributed by atoms with E-state index in [-0.39, 0.29) is 0 Å². The van der Waals surface area contributed by atoms with Gasteiger partial charge in [0.2, 0.25) is 0 Å². The molecule has 0 spiro atoms. The number of methoxy groups -OCH3 is 1. The minimum Gasteiger partial charge on any atom is -0.495 e. The normalized spacial score (nSPS) is 9.38. The minimum absolute atomic E-state index is 0.319. The van der Waals surface area contributed by atoms with Crippen molar-refractivity contribution in [1.29, 1.82) is 5.26 Å². The molecule has 0 bridgehead atoms. The average molecular weight is 308 g/mol. The Morgan fingerprint density at radius 3 is 2.85 bits per heavy atom. The van der Waals surface area contributed by atoms with Crippen LogP contribution in [0.15, 0.2) is 12.1 Å². The summed E-state index contributed by atoms with van der Waals surface area (Å²) in [4.78, 5) is 0. The van der Waals surface area contributed by atoms with Gasteiger partial charge in [0.15, 0.2) is 0 Å². The lowest BCUT2D eigenvalue weighted by atomic mass is 10.1. The third kappa shape index (κ3) is 2.48. The number of ether oxygens (including phenoxy) is 1. The predicted octanol–water partition coefficient (Wildman–Crippen LogP) is 3.02. The van der Waals surface area contributed by atoms with Crippen molar-refractivity contribution < 1.29 is 4.74 Å². The van der Waals surface area contributed by atoms with Gasteiger partial charge in [0, 0.05) is 10.6 Å². The predicted molar refractivity (Wildman–Crippen MR) is 60.0 cm³/mol. The molecule has 0 aliphatic rings. The molecule has 4 heteroatoms. The standard InChI is InChI=1S/C9H7ClINO/c1-13-9-6(2-3-12)4-7(10)5-8(9)11/h4-5H,2H2,1H3. The van der Waals surface area contributed by atoms with E-state index in [0.29, 0.717) is 11.4 Å². The summed E-state index contributed by atoms with van der Waals surface area (Å²) in [6.07, 6.45) is 0.319. The molecule has 0 aliphatic heterocycles. The van der Waals surface area contributed by atoms with Gasteiger partial charge in [-0.15, -0.1) is 0 Å². The van der Waals surface area contributed by atoms with Crippen LogP contribution in [0.5, 0.6) is 5.75 Å². The molecule has 0 aromatic heterocycles. The van der Waals surface area contributed by atoms with Crippen LogP contribution in [0.3, 0.4) is 0 Å². The van der Waals surface area contributed by atoms with Crippen molar-refractivity contribution in [1.82, 2.24) is 0 Å². The molecule has 0 unspecified atom stereocenters. The first kappa shape index (κ1) is 10.6. The van der Waals surface area contributed by atoms with Crippen LogP contribution < -0.4 is 4.74 Å². The van der Waals surface area contributed by atoms with Gasteiger partial charge in [-0.2, -0.15) is 5.26 Å². The smallest absolute Gasteiger partial charge is 0.136 e. The van der Waals surface area contributed by atoms with E-state index in [1.165, 1.54) is 0 Å². The summed E-state index contributed by atoms with van der Waals surface area (Å²) in [5, 5.41) is 9.21. The number of benzene rings is 1. The summed E-state index contributed by atoms with van der Waals surface area (Å²) >= 11 is 7.98. The van der Waals surface area contributed by atoms with E-state index in [1.54, 1.807) is 13.2 Å². The molecule has 0 fully saturated rings. The van der Waals surface area contributed by atoms with E-state index in [4.69, 9.17) is 21.6 Å². The quantitative estimate of drug-likeness (QED) is 0.787. The highest BCUT2D eigenvalue weighted by Crippen LogP contribution is 2.29. The lowest BCUT2D eigenvalue weighted by Gasteiger charge is -2.08. The highest BCUT2D eigenvalue weighted by atomic mass is 127. The molecular formula is C9H7ClINO.